The van der Waals surface area contributed by atoms with Crippen molar-refractivity contribution in [1.82, 2.24) is 19.9 Å². The monoisotopic (exact) mass is 481 g/mol. The van der Waals surface area contributed by atoms with Gasteiger partial charge in [-0.3, -0.25) is 14.6 Å². The summed E-state index contributed by atoms with van der Waals surface area (Å²) in [7, 11) is 1.45. The molecule has 3 aromatic rings. The summed E-state index contributed by atoms with van der Waals surface area (Å²) in [5.41, 5.74) is 2.29. The predicted molar refractivity (Wildman–Crippen MR) is 136 cm³/mol. The van der Waals surface area contributed by atoms with Gasteiger partial charge in [-0.2, -0.15) is 0 Å². The molecular formula is C26H35N5O4. The van der Waals surface area contributed by atoms with E-state index in [4.69, 9.17) is 9.72 Å². The Bertz CT molecular complexity index is 1170. The molecule has 2 heterocycles. The number of rotatable bonds is 11. The van der Waals surface area contributed by atoms with Gasteiger partial charge >= 0.3 is 0 Å². The smallest absolute Gasteiger partial charge is 0.253 e. The molecule has 9 nitrogen and oxygen atoms in total. The normalized spacial score (nSPS) is 12.5. The zero-order valence-electron chi connectivity index (χ0n) is 21.1. The number of anilines is 1. The fourth-order valence-electron chi connectivity index (χ4n) is 4.08. The number of hydrogen-bond acceptors (Lipinski definition) is 6. The first-order valence-corrected chi connectivity index (χ1v) is 11.9. The molecule has 0 saturated heterocycles. The first kappa shape index (κ1) is 26.3. The first-order valence-electron chi connectivity index (χ1n) is 11.9. The summed E-state index contributed by atoms with van der Waals surface area (Å²) in [6.45, 7) is 8.00. The molecule has 3 N–H and O–H groups in total. The van der Waals surface area contributed by atoms with Gasteiger partial charge in [-0.15, -0.1) is 0 Å². The second-order valence-electron chi connectivity index (χ2n) is 9.37. The van der Waals surface area contributed by atoms with Crippen molar-refractivity contribution in [3.8, 4) is 11.4 Å². The van der Waals surface area contributed by atoms with E-state index in [1.165, 1.54) is 7.11 Å². The minimum atomic E-state index is -0.735. The molecule has 2 amide bonds. The van der Waals surface area contributed by atoms with Gasteiger partial charge in [0.05, 0.1) is 22.2 Å². The van der Waals surface area contributed by atoms with Crippen LogP contribution < -0.4 is 10.6 Å². The number of carbonyl (C=O) groups excluding carboxylic acids is 2. The molecule has 1 atom stereocenters. The van der Waals surface area contributed by atoms with Crippen LogP contribution in [0.4, 0.5) is 5.69 Å². The quantitative estimate of drug-likeness (QED) is 0.384. The Balaban J connectivity index is 2.00. The van der Waals surface area contributed by atoms with E-state index in [0.29, 0.717) is 41.1 Å². The zero-order valence-corrected chi connectivity index (χ0v) is 21.1. The van der Waals surface area contributed by atoms with Crippen LogP contribution in [0.15, 0.2) is 36.7 Å². The van der Waals surface area contributed by atoms with E-state index in [1.54, 1.807) is 38.4 Å². The van der Waals surface area contributed by atoms with E-state index < -0.39 is 5.60 Å². The van der Waals surface area contributed by atoms with Crippen LogP contribution in [0, 0.1) is 0 Å². The molecule has 0 saturated carbocycles. The van der Waals surface area contributed by atoms with E-state index in [-0.39, 0.29) is 24.5 Å². The SMILES string of the molecule is CCn1c(-c2cccnc2)nc2cc(NC(=O)COC)cc(C(=O)NC(C)CCCC(C)(C)O)c21. The van der Waals surface area contributed by atoms with Crippen LogP contribution in [0.5, 0.6) is 0 Å². The van der Waals surface area contributed by atoms with Gasteiger partial charge in [0.1, 0.15) is 12.4 Å². The van der Waals surface area contributed by atoms with Crippen LogP contribution in [0.3, 0.4) is 0 Å². The molecule has 1 unspecified atom stereocenters. The highest BCUT2D eigenvalue weighted by atomic mass is 16.5. The number of aromatic nitrogens is 3. The van der Waals surface area contributed by atoms with Crippen molar-refractivity contribution in [2.24, 2.45) is 0 Å². The number of pyridine rings is 1. The molecule has 35 heavy (non-hydrogen) atoms. The highest BCUT2D eigenvalue weighted by Crippen LogP contribution is 2.30. The third kappa shape index (κ3) is 6.86. The molecule has 3 rings (SSSR count). The van der Waals surface area contributed by atoms with Gasteiger partial charge in [-0.1, -0.05) is 0 Å². The van der Waals surface area contributed by atoms with E-state index in [1.807, 2.05) is 30.5 Å². The number of carbonyl (C=O) groups is 2. The number of nitrogens with one attached hydrogen (secondary N) is 2. The topological polar surface area (TPSA) is 118 Å². The Morgan fingerprint density at radius 3 is 2.69 bits per heavy atom. The highest BCUT2D eigenvalue weighted by molar-refractivity contribution is 6.08. The van der Waals surface area contributed by atoms with Crippen molar-refractivity contribution < 1.29 is 19.4 Å². The third-order valence-electron chi connectivity index (χ3n) is 5.68. The van der Waals surface area contributed by atoms with Crippen LogP contribution in [0.1, 0.15) is 57.3 Å². The standard InChI is InChI=1S/C26H35N5O4/c1-6-31-23-20(25(33)28-17(2)9-7-11-26(3,4)34)13-19(29-22(32)16-35-5)14-21(23)30-24(31)18-10-8-12-27-15-18/h8,10,12-15,17,34H,6-7,9,11,16H2,1-5H3,(H,28,33)(H,29,32). The highest BCUT2D eigenvalue weighted by Gasteiger charge is 2.22. The van der Waals surface area contributed by atoms with Crippen molar-refractivity contribution in [2.75, 3.05) is 19.0 Å². The van der Waals surface area contributed by atoms with Gasteiger partial charge in [-0.05, 0) is 71.2 Å². The third-order valence-corrected chi connectivity index (χ3v) is 5.68. The summed E-state index contributed by atoms with van der Waals surface area (Å²) in [6.07, 6.45) is 5.60. The van der Waals surface area contributed by atoms with E-state index >= 15 is 0 Å². The molecule has 0 fully saturated rings. The second kappa shape index (κ2) is 11.4. The van der Waals surface area contributed by atoms with Gasteiger partial charge in [0.25, 0.3) is 5.91 Å². The molecular weight excluding hydrogens is 446 g/mol. The predicted octanol–water partition coefficient (Wildman–Crippen LogP) is 3.76. The van der Waals surface area contributed by atoms with Crippen molar-refractivity contribution in [2.45, 2.75) is 65.1 Å². The van der Waals surface area contributed by atoms with Crippen molar-refractivity contribution in [1.29, 1.82) is 0 Å². The van der Waals surface area contributed by atoms with Gasteiger partial charge < -0.3 is 25.0 Å². The Hall–Kier alpha value is -3.30. The fourth-order valence-corrected chi connectivity index (χ4v) is 4.08. The van der Waals surface area contributed by atoms with Gasteiger partial charge in [0, 0.05) is 43.3 Å². The minimum Gasteiger partial charge on any atom is -0.390 e. The molecule has 0 aliphatic heterocycles. The van der Waals surface area contributed by atoms with Gasteiger partial charge in [0.15, 0.2) is 0 Å². The largest absolute Gasteiger partial charge is 0.390 e. The number of benzene rings is 1. The molecule has 0 aliphatic carbocycles. The maximum atomic E-state index is 13.5. The molecule has 0 radical (unpaired) electrons. The Morgan fingerprint density at radius 1 is 1.29 bits per heavy atom. The summed E-state index contributed by atoms with van der Waals surface area (Å²) >= 11 is 0. The van der Waals surface area contributed by atoms with Crippen molar-refractivity contribution >= 4 is 28.5 Å². The Morgan fingerprint density at radius 2 is 2.06 bits per heavy atom. The molecule has 0 spiro atoms. The van der Waals surface area contributed by atoms with Gasteiger partial charge in [-0.25, -0.2) is 4.98 Å². The number of hydrogen-bond donors (Lipinski definition) is 3. The lowest BCUT2D eigenvalue weighted by Gasteiger charge is -2.19. The average Bonchev–Trinajstić information content (AvgIpc) is 3.16. The van der Waals surface area contributed by atoms with Crippen LogP contribution >= 0.6 is 0 Å². The first-order chi connectivity index (χ1) is 16.6. The van der Waals surface area contributed by atoms with E-state index in [9.17, 15) is 14.7 Å². The second-order valence-corrected chi connectivity index (χ2v) is 9.37. The maximum Gasteiger partial charge on any atom is 0.253 e. The number of imidazole rings is 1. The fraction of sp³-hybridized carbons (Fsp3) is 0.462. The lowest BCUT2D eigenvalue weighted by Crippen LogP contribution is -2.33. The molecule has 0 aliphatic rings. The lowest BCUT2D eigenvalue weighted by molar-refractivity contribution is -0.119. The van der Waals surface area contributed by atoms with Crippen molar-refractivity contribution in [3.63, 3.8) is 0 Å². The van der Waals surface area contributed by atoms with Gasteiger partial charge in [0.2, 0.25) is 5.91 Å². The number of aliphatic hydroxyl groups is 1. The number of aryl methyl sites for hydroxylation is 1. The number of nitrogens with zero attached hydrogens (tertiary/aromatic N) is 3. The van der Waals surface area contributed by atoms with E-state index in [0.717, 1.165) is 18.4 Å². The zero-order chi connectivity index (χ0) is 25.6. The number of methoxy groups -OCH3 is 1. The Kier molecular flexibility index (Phi) is 8.58. The van der Waals surface area contributed by atoms with Crippen LogP contribution in [0.25, 0.3) is 22.4 Å². The average molecular weight is 482 g/mol. The number of amides is 2. The lowest BCUT2D eigenvalue weighted by atomic mass is 9.99. The van der Waals surface area contributed by atoms with Crippen LogP contribution in [0.2, 0.25) is 0 Å². The number of ether oxygens (including phenoxy) is 1. The minimum absolute atomic E-state index is 0.0950. The summed E-state index contributed by atoms with van der Waals surface area (Å²) in [6, 6.07) is 7.11. The maximum absolute atomic E-state index is 13.5. The van der Waals surface area contributed by atoms with Crippen LogP contribution in [-0.2, 0) is 16.1 Å². The number of fused-ring (bicyclic) bond motifs is 1. The van der Waals surface area contributed by atoms with E-state index in [2.05, 4.69) is 15.6 Å². The Labute approximate surface area is 205 Å². The van der Waals surface area contributed by atoms with Crippen molar-refractivity contribution in [3.05, 3.63) is 42.2 Å². The summed E-state index contributed by atoms with van der Waals surface area (Å²) in [5.74, 6) is 0.129. The summed E-state index contributed by atoms with van der Waals surface area (Å²) in [5, 5.41) is 15.8. The molecule has 9 heteroatoms. The molecule has 0 bridgehead atoms. The summed E-state index contributed by atoms with van der Waals surface area (Å²) in [4.78, 5) is 34.6. The summed E-state index contributed by atoms with van der Waals surface area (Å²) < 4.78 is 6.90. The van der Waals surface area contributed by atoms with Crippen LogP contribution in [-0.4, -0.2) is 56.8 Å². The molecule has 188 valence electrons. The molecule has 2 aromatic heterocycles. The molecule has 1 aromatic carbocycles.